The zero-order valence-corrected chi connectivity index (χ0v) is 18.5. The predicted molar refractivity (Wildman–Crippen MR) is 115 cm³/mol. The van der Waals surface area contributed by atoms with Crippen molar-refractivity contribution in [1.82, 2.24) is 15.6 Å². The number of hydrogen-bond donors (Lipinski definition) is 3. The number of nitrogens with one attached hydrogen (secondary N) is 2. The van der Waals surface area contributed by atoms with E-state index in [1.807, 2.05) is 0 Å². The second-order valence-electron chi connectivity index (χ2n) is 6.06. The SMILES string of the molecule is CCCC(CCO)CNC(=NCc1nc(C(C)C)cs1)NCC.I. The van der Waals surface area contributed by atoms with Gasteiger partial charge < -0.3 is 15.7 Å². The average Bonchev–Trinajstić information content (AvgIpc) is 2.99. The summed E-state index contributed by atoms with van der Waals surface area (Å²) in [4.78, 5) is 9.25. The maximum Gasteiger partial charge on any atom is 0.191 e. The van der Waals surface area contributed by atoms with Crippen LogP contribution in [0, 0.1) is 5.92 Å². The molecule has 1 rings (SSSR count). The van der Waals surface area contributed by atoms with E-state index in [2.05, 4.69) is 53.7 Å². The molecule has 0 radical (unpaired) electrons. The van der Waals surface area contributed by atoms with Crippen LogP contribution in [0.2, 0.25) is 0 Å². The van der Waals surface area contributed by atoms with E-state index in [0.717, 1.165) is 49.0 Å². The van der Waals surface area contributed by atoms with Crippen molar-refractivity contribution in [1.29, 1.82) is 0 Å². The molecular formula is C17H33IN4OS. The van der Waals surface area contributed by atoms with E-state index in [1.165, 1.54) is 0 Å². The molecule has 1 unspecified atom stereocenters. The number of aliphatic hydroxyl groups excluding tert-OH is 1. The smallest absolute Gasteiger partial charge is 0.191 e. The van der Waals surface area contributed by atoms with E-state index in [1.54, 1.807) is 11.3 Å². The lowest BCUT2D eigenvalue weighted by Crippen LogP contribution is -2.40. The molecule has 3 N–H and O–H groups in total. The molecule has 5 nitrogen and oxygen atoms in total. The van der Waals surface area contributed by atoms with Gasteiger partial charge in [-0.2, -0.15) is 0 Å². The van der Waals surface area contributed by atoms with Crippen molar-refractivity contribution in [2.75, 3.05) is 19.7 Å². The van der Waals surface area contributed by atoms with Gasteiger partial charge in [-0.15, -0.1) is 35.3 Å². The third-order valence-electron chi connectivity index (χ3n) is 3.67. The Morgan fingerprint density at radius 1 is 1.29 bits per heavy atom. The Bertz CT molecular complexity index is 459. The minimum atomic E-state index is 0. The maximum absolute atomic E-state index is 9.15. The minimum absolute atomic E-state index is 0. The van der Waals surface area contributed by atoms with E-state index in [4.69, 9.17) is 5.11 Å². The van der Waals surface area contributed by atoms with Crippen molar-refractivity contribution >= 4 is 41.3 Å². The Labute approximate surface area is 167 Å². The van der Waals surface area contributed by atoms with Crippen molar-refractivity contribution in [2.45, 2.75) is 59.4 Å². The van der Waals surface area contributed by atoms with E-state index in [0.29, 0.717) is 18.4 Å². The highest BCUT2D eigenvalue weighted by Gasteiger charge is 2.09. The Kier molecular flexibility index (Phi) is 13.6. The Morgan fingerprint density at radius 2 is 2.04 bits per heavy atom. The number of thiazole rings is 1. The summed E-state index contributed by atoms with van der Waals surface area (Å²) in [5.74, 6) is 1.78. The molecule has 140 valence electrons. The highest BCUT2D eigenvalue weighted by Crippen LogP contribution is 2.18. The first-order valence-corrected chi connectivity index (χ1v) is 9.55. The number of guanidine groups is 1. The van der Waals surface area contributed by atoms with E-state index in [-0.39, 0.29) is 30.6 Å². The number of aliphatic hydroxyl groups is 1. The third-order valence-corrected chi connectivity index (χ3v) is 4.52. The molecule has 7 heteroatoms. The quantitative estimate of drug-likeness (QED) is 0.278. The van der Waals surface area contributed by atoms with Gasteiger partial charge in [-0.1, -0.05) is 27.2 Å². The van der Waals surface area contributed by atoms with Crippen molar-refractivity contribution in [2.24, 2.45) is 10.9 Å². The van der Waals surface area contributed by atoms with E-state index >= 15 is 0 Å². The topological polar surface area (TPSA) is 69.5 Å². The van der Waals surface area contributed by atoms with Crippen LogP contribution in [0.15, 0.2) is 10.4 Å². The Morgan fingerprint density at radius 3 is 2.58 bits per heavy atom. The third kappa shape index (κ3) is 9.17. The number of aliphatic imine (C=N–C) groups is 1. The Hall–Kier alpha value is -0.410. The second-order valence-corrected chi connectivity index (χ2v) is 7.01. The van der Waals surface area contributed by atoms with Crippen LogP contribution in [-0.2, 0) is 6.54 Å². The highest BCUT2D eigenvalue weighted by atomic mass is 127. The van der Waals surface area contributed by atoms with Gasteiger partial charge in [-0.25, -0.2) is 9.98 Å². The molecule has 0 fully saturated rings. The summed E-state index contributed by atoms with van der Waals surface area (Å²) in [5.41, 5.74) is 1.14. The first-order chi connectivity index (χ1) is 11.1. The van der Waals surface area contributed by atoms with E-state index < -0.39 is 0 Å². The number of rotatable bonds is 10. The molecule has 0 saturated carbocycles. The fourth-order valence-electron chi connectivity index (χ4n) is 2.33. The molecule has 0 saturated heterocycles. The van der Waals surface area contributed by atoms with Crippen LogP contribution in [0.1, 0.15) is 63.6 Å². The molecule has 1 aromatic heterocycles. The lowest BCUT2D eigenvalue weighted by molar-refractivity contribution is 0.251. The summed E-state index contributed by atoms with van der Waals surface area (Å²) in [6, 6.07) is 0. The first kappa shape index (κ1) is 23.6. The predicted octanol–water partition coefficient (Wildman–Crippen LogP) is 3.74. The van der Waals surface area contributed by atoms with Gasteiger partial charge in [0, 0.05) is 25.1 Å². The Balaban J connectivity index is 0.00000529. The summed E-state index contributed by atoms with van der Waals surface area (Å²) in [6.07, 6.45) is 3.10. The molecule has 0 amide bonds. The number of nitrogens with zero attached hydrogens (tertiary/aromatic N) is 2. The first-order valence-electron chi connectivity index (χ1n) is 8.67. The molecular weight excluding hydrogens is 435 g/mol. The average molecular weight is 468 g/mol. The molecule has 1 atom stereocenters. The summed E-state index contributed by atoms with van der Waals surface area (Å²) < 4.78 is 0. The van der Waals surface area contributed by atoms with Gasteiger partial charge in [0.15, 0.2) is 5.96 Å². The van der Waals surface area contributed by atoms with Gasteiger partial charge >= 0.3 is 0 Å². The van der Waals surface area contributed by atoms with Gasteiger partial charge in [0.25, 0.3) is 0 Å². The summed E-state index contributed by atoms with van der Waals surface area (Å²) in [5, 5.41) is 19.0. The molecule has 0 aliphatic heterocycles. The molecule has 0 aliphatic rings. The van der Waals surface area contributed by atoms with Crippen LogP contribution in [0.5, 0.6) is 0 Å². The molecule has 0 bridgehead atoms. The van der Waals surface area contributed by atoms with Gasteiger partial charge in [0.2, 0.25) is 0 Å². The van der Waals surface area contributed by atoms with Crippen LogP contribution >= 0.6 is 35.3 Å². The molecule has 0 aromatic carbocycles. The zero-order valence-electron chi connectivity index (χ0n) is 15.3. The van der Waals surface area contributed by atoms with Gasteiger partial charge in [0.05, 0.1) is 12.2 Å². The lowest BCUT2D eigenvalue weighted by Gasteiger charge is -2.18. The van der Waals surface area contributed by atoms with Crippen molar-refractivity contribution in [3.63, 3.8) is 0 Å². The monoisotopic (exact) mass is 468 g/mol. The zero-order chi connectivity index (χ0) is 17.1. The van der Waals surface area contributed by atoms with Crippen LogP contribution in [0.4, 0.5) is 0 Å². The number of aromatic nitrogens is 1. The van der Waals surface area contributed by atoms with Gasteiger partial charge in [-0.3, -0.25) is 0 Å². The molecule has 0 aliphatic carbocycles. The standard InChI is InChI=1S/C17H32N4OS.HI/c1-5-7-14(8-9-22)10-19-17(18-6-2)20-11-16-21-15(12-23-16)13(3)4;/h12-14,22H,5-11H2,1-4H3,(H2,18,19,20);1H. The van der Waals surface area contributed by atoms with Crippen molar-refractivity contribution in [3.05, 3.63) is 16.1 Å². The maximum atomic E-state index is 9.15. The molecule has 1 aromatic rings. The largest absolute Gasteiger partial charge is 0.396 e. The molecule has 0 spiro atoms. The summed E-state index contributed by atoms with van der Waals surface area (Å²) in [7, 11) is 0. The van der Waals surface area contributed by atoms with E-state index in [9.17, 15) is 0 Å². The fourth-order valence-corrected chi connectivity index (χ4v) is 3.21. The van der Waals surface area contributed by atoms with Crippen LogP contribution in [0.3, 0.4) is 0 Å². The van der Waals surface area contributed by atoms with Crippen LogP contribution < -0.4 is 10.6 Å². The number of hydrogen-bond acceptors (Lipinski definition) is 4. The van der Waals surface area contributed by atoms with Crippen LogP contribution in [0.25, 0.3) is 0 Å². The van der Waals surface area contributed by atoms with Gasteiger partial charge in [0.1, 0.15) is 5.01 Å². The van der Waals surface area contributed by atoms with Gasteiger partial charge in [-0.05, 0) is 31.6 Å². The van der Waals surface area contributed by atoms with Crippen LogP contribution in [-0.4, -0.2) is 35.7 Å². The molecule has 24 heavy (non-hydrogen) atoms. The molecule has 1 heterocycles. The summed E-state index contributed by atoms with van der Waals surface area (Å²) in [6.45, 7) is 11.1. The summed E-state index contributed by atoms with van der Waals surface area (Å²) >= 11 is 1.67. The normalized spacial score (nSPS) is 12.8. The minimum Gasteiger partial charge on any atom is -0.396 e. The highest BCUT2D eigenvalue weighted by molar-refractivity contribution is 14.0. The second kappa shape index (κ2) is 13.8. The van der Waals surface area contributed by atoms with Crippen molar-refractivity contribution < 1.29 is 5.11 Å². The lowest BCUT2D eigenvalue weighted by atomic mass is 10.0. The number of halogens is 1. The fraction of sp³-hybridized carbons (Fsp3) is 0.765. The van der Waals surface area contributed by atoms with Crippen molar-refractivity contribution in [3.8, 4) is 0 Å².